The first-order valence-electron chi connectivity index (χ1n) is 6.39. The van der Waals surface area contributed by atoms with E-state index in [1.807, 2.05) is 13.8 Å². The summed E-state index contributed by atoms with van der Waals surface area (Å²) in [7, 11) is 0. The van der Waals surface area contributed by atoms with Crippen molar-refractivity contribution in [1.29, 1.82) is 0 Å². The van der Waals surface area contributed by atoms with Crippen molar-refractivity contribution >= 4 is 11.7 Å². The first-order chi connectivity index (χ1) is 9.00. The maximum absolute atomic E-state index is 12.1. The molecule has 1 aromatic heterocycles. The summed E-state index contributed by atoms with van der Waals surface area (Å²) in [5.74, 6) is 5.57. The summed E-state index contributed by atoms with van der Waals surface area (Å²) in [5, 5.41) is 2.99. The van der Waals surface area contributed by atoms with Crippen LogP contribution >= 0.6 is 0 Å². The summed E-state index contributed by atoms with van der Waals surface area (Å²) in [6.07, 6.45) is 1.62. The zero-order chi connectivity index (χ0) is 13.9. The molecule has 1 amide bonds. The van der Waals surface area contributed by atoms with Crippen LogP contribution in [0.15, 0.2) is 18.2 Å². The molecule has 2 rings (SSSR count). The molecule has 0 bridgehead atoms. The van der Waals surface area contributed by atoms with Gasteiger partial charge < -0.3 is 15.5 Å². The van der Waals surface area contributed by atoms with Gasteiger partial charge in [-0.25, -0.2) is 10.8 Å². The average Bonchev–Trinajstić information content (AvgIpc) is 2.37. The number of nitrogens with zero attached hydrogens (tertiary/aromatic N) is 1. The highest BCUT2D eigenvalue weighted by molar-refractivity contribution is 5.92. The van der Waals surface area contributed by atoms with Crippen LogP contribution in [0, 0.1) is 0 Å². The van der Waals surface area contributed by atoms with Gasteiger partial charge in [0.25, 0.3) is 5.91 Å². The smallest absolute Gasteiger partial charge is 0.270 e. The van der Waals surface area contributed by atoms with Gasteiger partial charge in [-0.1, -0.05) is 6.07 Å². The van der Waals surface area contributed by atoms with Crippen LogP contribution in [-0.4, -0.2) is 29.1 Å². The number of nitrogen functional groups attached to an aromatic ring is 1. The normalized spacial score (nSPS) is 21.7. The SMILES string of the molecule is CC1(C)CC(NC(=O)c2cccc(NN)n2)CCO1. The van der Waals surface area contributed by atoms with Crippen LogP contribution in [0.2, 0.25) is 0 Å². The average molecular weight is 264 g/mol. The molecule has 19 heavy (non-hydrogen) atoms. The van der Waals surface area contributed by atoms with Crippen LogP contribution in [-0.2, 0) is 4.74 Å². The molecule has 0 aromatic carbocycles. The van der Waals surface area contributed by atoms with E-state index in [-0.39, 0.29) is 17.6 Å². The molecule has 1 aliphatic heterocycles. The summed E-state index contributed by atoms with van der Waals surface area (Å²) in [6.45, 7) is 4.72. The van der Waals surface area contributed by atoms with E-state index >= 15 is 0 Å². The highest BCUT2D eigenvalue weighted by atomic mass is 16.5. The maximum atomic E-state index is 12.1. The summed E-state index contributed by atoms with van der Waals surface area (Å²) >= 11 is 0. The number of carbonyl (C=O) groups excluding carboxylic acids is 1. The van der Waals surface area contributed by atoms with E-state index in [1.54, 1.807) is 18.2 Å². The highest BCUT2D eigenvalue weighted by Crippen LogP contribution is 2.24. The molecule has 0 radical (unpaired) electrons. The fourth-order valence-electron chi connectivity index (χ4n) is 2.26. The number of ether oxygens (including phenoxy) is 1. The van der Waals surface area contributed by atoms with Crippen LogP contribution in [0.25, 0.3) is 0 Å². The van der Waals surface area contributed by atoms with E-state index in [0.29, 0.717) is 18.1 Å². The van der Waals surface area contributed by atoms with Gasteiger partial charge >= 0.3 is 0 Å². The molecule has 2 heterocycles. The Morgan fingerprint density at radius 3 is 3.00 bits per heavy atom. The number of nitrogens with two attached hydrogens (primary N) is 1. The number of hydrogen-bond acceptors (Lipinski definition) is 5. The van der Waals surface area contributed by atoms with E-state index in [4.69, 9.17) is 10.6 Å². The number of rotatable bonds is 3. The number of nitrogens with one attached hydrogen (secondary N) is 2. The Balaban J connectivity index is 2.00. The molecule has 0 spiro atoms. The number of pyridine rings is 1. The number of hydrogen-bond donors (Lipinski definition) is 3. The Kier molecular flexibility index (Phi) is 4.01. The Hall–Kier alpha value is -1.66. The van der Waals surface area contributed by atoms with Crippen molar-refractivity contribution in [3.8, 4) is 0 Å². The monoisotopic (exact) mass is 264 g/mol. The van der Waals surface area contributed by atoms with E-state index in [9.17, 15) is 4.79 Å². The van der Waals surface area contributed by atoms with Crippen LogP contribution in [0.3, 0.4) is 0 Å². The third-order valence-corrected chi connectivity index (χ3v) is 3.16. The lowest BCUT2D eigenvalue weighted by atomic mass is 9.94. The predicted octanol–water partition coefficient (Wildman–Crippen LogP) is 1.05. The Morgan fingerprint density at radius 2 is 2.32 bits per heavy atom. The molecule has 1 unspecified atom stereocenters. The van der Waals surface area contributed by atoms with Gasteiger partial charge in [-0.3, -0.25) is 4.79 Å². The molecule has 1 atom stereocenters. The number of aromatic nitrogens is 1. The van der Waals surface area contributed by atoms with E-state index in [0.717, 1.165) is 12.8 Å². The zero-order valence-corrected chi connectivity index (χ0v) is 11.3. The van der Waals surface area contributed by atoms with Gasteiger partial charge in [0.2, 0.25) is 0 Å². The van der Waals surface area contributed by atoms with Gasteiger partial charge in [0.15, 0.2) is 0 Å². The van der Waals surface area contributed by atoms with Gasteiger partial charge in [0, 0.05) is 12.6 Å². The van der Waals surface area contributed by atoms with Gasteiger partial charge in [0.1, 0.15) is 11.5 Å². The Morgan fingerprint density at radius 1 is 1.53 bits per heavy atom. The molecule has 4 N–H and O–H groups in total. The molecule has 1 aromatic rings. The first-order valence-corrected chi connectivity index (χ1v) is 6.39. The minimum absolute atomic E-state index is 0.118. The van der Waals surface area contributed by atoms with Gasteiger partial charge in [0.05, 0.1) is 5.60 Å². The van der Waals surface area contributed by atoms with Gasteiger partial charge in [-0.2, -0.15) is 0 Å². The summed E-state index contributed by atoms with van der Waals surface area (Å²) in [4.78, 5) is 16.2. The Labute approximate surface area is 112 Å². The quantitative estimate of drug-likeness (QED) is 0.561. The molecule has 6 heteroatoms. The van der Waals surface area contributed by atoms with Crippen molar-refractivity contribution in [2.45, 2.75) is 38.3 Å². The van der Waals surface area contributed by atoms with E-state index in [1.165, 1.54) is 0 Å². The maximum Gasteiger partial charge on any atom is 0.270 e. The first kappa shape index (κ1) is 13.8. The van der Waals surface area contributed by atoms with Crippen molar-refractivity contribution in [1.82, 2.24) is 10.3 Å². The van der Waals surface area contributed by atoms with Crippen LogP contribution in [0.5, 0.6) is 0 Å². The molecular formula is C13H20N4O2. The fourth-order valence-corrected chi connectivity index (χ4v) is 2.26. The lowest BCUT2D eigenvalue weighted by molar-refractivity contribution is -0.0615. The lowest BCUT2D eigenvalue weighted by Gasteiger charge is -2.35. The predicted molar refractivity (Wildman–Crippen MR) is 72.6 cm³/mol. The number of hydrazine groups is 1. The standard InChI is InChI=1S/C13H20N4O2/c1-13(2)8-9(6-7-19-13)15-12(18)10-4-3-5-11(16-10)17-14/h3-5,9H,6-8,14H2,1-2H3,(H,15,18)(H,16,17). The van der Waals surface area contributed by atoms with Crippen molar-refractivity contribution < 1.29 is 9.53 Å². The number of amides is 1. The molecular weight excluding hydrogens is 244 g/mol. The van der Waals surface area contributed by atoms with Crippen LogP contribution in [0.1, 0.15) is 37.2 Å². The second-order valence-corrected chi connectivity index (χ2v) is 5.32. The van der Waals surface area contributed by atoms with E-state index < -0.39 is 0 Å². The van der Waals surface area contributed by atoms with Crippen molar-refractivity contribution in [3.63, 3.8) is 0 Å². The molecule has 1 aliphatic rings. The van der Waals surface area contributed by atoms with Crippen molar-refractivity contribution in [3.05, 3.63) is 23.9 Å². The topological polar surface area (TPSA) is 89.3 Å². The third-order valence-electron chi connectivity index (χ3n) is 3.16. The minimum atomic E-state index is -0.190. The van der Waals surface area contributed by atoms with E-state index in [2.05, 4.69) is 15.7 Å². The second-order valence-electron chi connectivity index (χ2n) is 5.32. The zero-order valence-electron chi connectivity index (χ0n) is 11.3. The van der Waals surface area contributed by atoms with Crippen LogP contribution < -0.4 is 16.6 Å². The molecule has 1 saturated heterocycles. The Bertz CT molecular complexity index is 462. The highest BCUT2D eigenvalue weighted by Gasteiger charge is 2.29. The summed E-state index contributed by atoms with van der Waals surface area (Å²) in [5.41, 5.74) is 2.60. The van der Waals surface area contributed by atoms with Crippen molar-refractivity contribution in [2.75, 3.05) is 12.0 Å². The van der Waals surface area contributed by atoms with Crippen molar-refractivity contribution in [2.24, 2.45) is 5.84 Å². The van der Waals surface area contributed by atoms with Gasteiger partial charge in [-0.05, 0) is 38.8 Å². The molecule has 0 saturated carbocycles. The largest absolute Gasteiger partial charge is 0.375 e. The molecule has 0 aliphatic carbocycles. The number of anilines is 1. The van der Waals surface area contributed by atoms with Crippen LogP contribution in [0.4, 0.5) is 5.82 Å². The molecule has 1 fully saturated rings. The lowest BCUT2D eigenvalue weighted by Crippen LogP contribution is -2.46. The third kappa shape index (κ3) is 3.65. The summed E-state index contributed by atoms with van der Waals surface area (Å²) < 4.78 is 5.63. The fraction of sp³-hybridized carbons (Fsp3) is 0.538. The molecule has 104 valence electrons. The molecule has 6 nitrogen and oxygen atoms in total. The minimum Gasteiger partial charge on any atom is -0.375 e. The number of carbonyl (C=O) groups is 1. The van der Waals surface area contributed by atoms with Gasteiger partial charge in [-0.15, -0.1) is 0 Å². The second kappa shape index (κ2) is 5.54. The summed E-state index contributed by atoms with van der Waals surface area (Å²) in [6, 6.07) is 5.23.